The highest BCUT2D eigenvalue weighted by Gasteiger charge is 2.29. The summed E-state index contributed by atoms with van der Waals surface area (Å²) in [6.07, 6.45) is 4.99. The quantitative estimate of drug-likeness (QED) is 0.879. The third-order valence-corrected chi connectivity index (χ3v) is 5.27. The molecule has 2 fully saturated rings. The number of primary amides is 1. The maximum atomic E-state index is 11.6. The Morgan fingerprint density at radius 3 is 2.67 bits per heavy atom. The Hall–Kier alpha value is -1.07. The monoisotopic (exact) mass is 351 g/mol. The molecule has 1 atom stereocenters. The first-order chi connectivity index (χ1) is 10.1. The van der Waals surface area contributed by atoms with E-state index in [9.17, 15) is 4.79 Å². The van der Waals surface area contributed by atoms with Crippen molar-refractivity contribution in [2.45, 2.75) is 31.7 Å². The number of hydrogen-bond donors (Lipinski definition) is 2. The molecule has 2 aliphatic rings. The Morgan fingerprint density at radius 1 is 1.29 bits per heavy atom. The van der Waals surface area contributed by atoms with Gasteiger partial charge in [0.25, 0.3) is 5.91 Å². The van der Waals surface area contributed by atoms with Gasteiger partial charge in [-0.2, -0.15) is 0 Å². The molecule has 0 spiro atoms. The molecule has 0 aliphatic carbocycles. The van der Waals surface area contributed by atoms with Crippen molar-refractivity contribution in [3.8, 4) is 0 Å². The predicted octanol–water partition coefficient (Wildman–Crippen LogP) is 2.52. The van der Waals surface area contributed by atoms with Crippen molar-refractivity contribution >= 4 is 27.5 Å². The van der Waals surface area contributed by atoms with Crippen molar-refractivity contribution in [2.75, 3.05) is 24.5 Å². The molecule has 1 aromatic carbocycles. The molecule has 4 nitrogen and oxygen atoms in total. The standard InChI is InChI=1S/C16H22BrN3O/c17-12-3-4-13(16(18)21)15(10-12)20-8-5-11(6-9-20)14-2-1-7-19-14/h3-4,10-11,14,19H,1-2,5-9H2,(H2,18,21). The van der Waals surface area contributed by atoms with Crippen LogP contribution in [0.4, 0.5) is 5.69 Å². The van der Waals surface area contributed by atoms with Gasteiger partial charge in [0.15, 0.2) is 0 Å². The Kier molecular flexibility index (Phi) is 4.50. The average molecular weight is 352 g/mol. The topological polar surface area (TPSA) is 58.4 Å². The number of benzene rings is 1. The number of amides is 1. The molecule has 1 unspecified atom stereocenters. The molecular weight excluding hydrogens is 330 g/mol. The third-order valence-electron chi connectivity index (χ3n) is 4.77. The molecular formula is C16H22BrN3O. The lowest BCUT2D eigenvalue weighted by Gasteiger charge is -2.37. The Balaban J connectivity index is 1.71. The summed E-state index contributed by atoms with van der Waals surface area (Å²) in [5.41, 5.74) is 7.10. The fourth-order valence-electron chi connectivity index (χ4n) is 3.63. The first kappa shape index (κ1) is 14.9. The van der Waals surface area contributed by atoms with Crippen LogP contribution >= 0.6 is 15.9 Å². The molecule has 3 rings (SSSR count). The zero-order valence-corrected chi connectivity index (χ0v) is 13.7. The van der Waals surface area contributed by atoms with E-state index in [4.69, 9.17) is 5.73 Å². The van der Waals surface area contributed by atoms with Crippen LogP contribution in [0.25, 0.3) is 0 Å². The van der Waals surface area contributed by atoms with Crippen molar-refractivity contribution in [3.05, 3.63) is 28.2 Å². The minimum atomic E-state index is -0.350. The highest BCUT2D eigenvalue weighted by atomic mass is 79.9. The van der Waals surface area contributed by atoms with Gasteiger partial charge in [-0.15, -0.1) is 0 Å². The Bertz CT molecular complexity index is 520. The Morgan fingerprint density at radius 2 is 2.05 bits per heavy atom. The largest absolute Gasteiger partial charge is 0.371 e. The van der Waals surface area contributed by atoms with Gasteiger partial charge in [-0.1, -0.05) is 15.9 Å². The summed E-state index contributed by atoms with van der Waals surface area (Å²) < 4.78 is 0.988. The van der Waals surface area contributed by atoms with Gasteiger partial charge >= 0.3 is 0 Å². The minimum Gasteiger partial charge on any atom is -0.371 e. The smallest absolute Gasteiger partial charge is 0.250 e. The summed E-state index contributed by atoms with van der Waals surface area (Å²) in [4.78, 5) is 13.9. The summed E-state index contributed by atoms with van der Waals surface area (Å²) in [7, 11) is 0. The summed E-state index contributed by atoms with van der Waals surface area (Å²) in [6, 6.07) is 6.39. The Labute approximate surface area is 134 Å². The number of hydrogen-bond acceptors (Lipinski definition) is 3. The van der Waals surface area contributed by atoms with E-state index in [1.165, 1.54) is 32.2 Å². The molecule has 114 valence electrons. The molecule has 21 heavy (non-hydrogen) atoms. The van der Waals surface area contributed by atoms with Gasteiger partial charge in [-0.05, 0) is 56.3 Å². The zero-order valence-electron chi connectivity index (χ0n) is 12.1. The number of halogens is 1. The molecule has 1 aromatic rings. The minimum absolute atomic E-state index is 0.350. The molecule has 0 bridgehead atoms. The molecule has 0 saturated carbocycles. The van der Waals surface area contributed by atoms with Crippen LogP contribution in [0.15, 0.2) is 22.7 Å². The van der Waals surface area contributed by atoms with Gasteiger partial charge in [0, 0.05) is 23.6 Å². The van der Waals surface area contributed by atoms with E-state index >= 15 is 0 Å². The van der Waals surface area contributed by atoms with Gasteiger partial charge in [0.05, 0.1) is 11.3 Å². The van der Waals surface area contributed by atoms with Crippen LogP contribution in [0.1, 0.15) is 36.0 Å². The van der Waals surface area contributed by atoms with Crippen LogP contribution in [0.3, 0.4) is 0 Å². The normalized spacial score (nSPS) is 23.5. The lowest BCUT2D eigenvalue weighted by atomic mass is 9.88. The van der Waals surface area contributed by atoms with Crippen molar-refractivity contribution < 1.29 is 4.79 Å². The highest BCUT2D eigenvalue weighted by molar-refractivity contribution is 9.10. The number of anilines is 1. The number of carbonyl (C=O) groups excluding carboxylic acids is 1. The zero-order chi connectivity index (χ0) is 14.8. The highest BCUT2D eigenvalue weighted by Crippen LogP contribution is 2.31. The molecule has 2 aliphatic heterocycles. The number of nitrogens with one attached hydrogen (secondary N) is 1. The number of rotatable bonds is 3. The van der Waals surface area contributed by atoms with E-state index in [0.29, 0.717) is 11.6 Å². The van der Waals surface area contributed by atoms with Crippen LogP contribution in [0.5, 0.6) is 0 Å². The summed E-state index contributed by atoms with van der Waals surface area (Å²) in [5, 5.41) is 3.62. The maximum absolute atomic E-state index is 11.6. The second-order valence-corrected chi connectivity index (χ2v) is 6.97. The van der Waals surface area contributed by atoms with Gasteiger partial charge in [-0.25, -0.2) is 0 Å². The van der Waals surface area contributed by atoms with E-state index in [1.54, 1.807) is 0 Å². The molecule has 2 saturated heterocycles. The van der Waals surface area contributed by atoms with Crippen molar-refractivity contribution in [2.24, 2.45) is 11.7 Å². The molecule has 5 heteroatoms. The lowest BCUT2D eigenvalue weighted by Crippen LogP contribution is -2.41. The average Bonchev–Trinajstić information content (AvgIpc) is 3.01. The predicted molar refractivity (Wildman–Crippen MR) is 88.6 cm³/mol. The second-order valence-electron chi connectivity index (χ2n) is 6.05. The van der Waals surface area contributed by atoms with Crippen molar-refractivity contribution in [1.29, 1.82) is 0 Å². The first-order valence-electron chi connectivity index (χ1n) is 7.73. The first-order valence-corrected chi connectivity index (χ1v) is 8.52. The third kappa shape index (κ3) is 3.24. The van der Waals surface area contributed by atoms with Gasteiger partial charge in [-0.3, -0.25) is 4.79 Å². The van der Waals surface area contributed by atoms with Gasteiger partial charge < -0.3 is 16.0 Å². The summed E-state index contributed by atoms with van der Waals surface area (Å²) >= 11 is 3.49. The number of nitrogens with zero attached hydrogens (tertiary/aromatic N) is 1. The van der Waals surface area contributed by atoms with E-state index < -0.39 is 0 Å². The molecule has 1 amide bonds. The van der Waals surface area contributed by atoms with E-state index in [2.05, 4.69) is 26.1 Å². The molecule has 2 heterocycles. The van der Waals surface area contributed by atoms with E-state index in [-0.39, 0.29) is 5.91 Å². The van der Waals surface area contributed by atoms with Crippen molar-refractivity contribution in [1.82, 2.24) is 5.32 Å². The number of piperidine rings is 1. The van der Waals surface area contributed by atoms with Crippen molar-refractivity contribution in [3.63, 3.8) is 0 Å². The van der Waals surface area contributed by atoms with Crippen LogP contribution in [0.2, 0.25) is 0 Å². The van der Waals surface area contributed by atoms with Gasteiger partial charge in [0.2, 0.25) is 0 Å². The lowest BCUT2D eigenvalue weighted by molar-refractivity contribution is 0.100. The molecule has 0 radical (unpaired) electrons. The van der Waals surface area contributed by atoms with Crippen LogP contribution in [0, 0.1) is 5.92 Å². The van der Waals surface area contributed by atoms with Gasteiger partial charge in [0.1, 0.15) is 0 Å². The summed E-state index contributed by atoms with van der Waals surface area (Å²) in [5.74, 6) is 0.421. The second kappa shape index (κ2) is 6.36. The van der Waals surface area contributed by atoms with Crippen LogP contribution in [-0.2, 0) is 0 Å². The van der Waals surface area contributed by atoms with E-state index in [0.717, 1.165) is 29.2 Å². The maximum Gasteiger partial charge on any atom is 0.250 e. The number of nitrogens with two attached hydrogens (primary N) is 1. The fraction of sp³-hybridized carbons (Fsp3) is 0.562. The SMILES string of the molecule is NC(=O)c1ccc(Br)cc1N1CCC(C2CCCN2)CC1. The van der Waals surface area contributed by atoms with Crippen LogP contribution < -0.4 is 16.0 Å². The molecule has 0 aromatic heterocycles. The fourth-order valence-corrected chi connectivity index (χ4v) is 3.98. The van der Waals surface area contributed by atoms with E-state index in [1.807, 2.05) is 18.2 Å². The number of carbonyl (C=O) groups is 1. The van der Waals surface area contributed by atoms with Crippen LogP contribution in [-0.4, -0.2) is 31.6 Å². The molecule has 3 N–H and O–H groups in total. The summed E-state index contributed by atoms with van der Waals surface area (Å²) in [6.45, 7) is 3.17.